The minimum atomic E-state index is -0.506. The third-order valence-electron chi connectivity index (χ3n) is 4.20. The zero-order valence-electron chi connectivity index (χ0n) is 16.7. The number of carbonyl (C=O) groups excluding carboxylic acids is 2. The highest BCUT2D eigenvalue weighted by Crippen LogP contribution is 2.39. The molecule has 0 radical (unpaired) electrons. The first-order chi connectivity index (χ1) is 13.8. The van der Waals surface area contributed by atoms with Crippen LogP contribution in [0.25, 0.3) is 16.8 Å². The van der Waals surface area contributed by atoms with Crippen molar-refractivity contribution in [3.8, 4) is 22.7 Å². The van der Waals surface area contributed by atoms with Crippen LogP contribution < -0.4 is 10.1 Å². The van der Waals surface area contributed by atoms with Crippen molar-refractivity contribution in [1.82, 2.24) is 9.78 Å². The summed E-state index contributed by atoms with van der Waals surface area (Å²) in [6, 6.07) is 13.1. The first kappa shape index (κ1) is 20.3. The van der Waals surface area contributed by atoms with Gasteiger partial charge in [0.25, 0.3) is 0 Å². The molecule has 0 spiro atoms. The minimum absolute atomic E-state index is 0.0177. The molecule has 29 heavy (non-hydrogen) atoms. The molecule has 0 unspecified atom stereocenters. The van der Waals surface area contributed by atoms with Crippen LogP contribution in [-0.4, -0.2) is 21.7 Å². The molecular formula is C22H22FN3O3. The maximum Gasteiger partial charge on any atom is 0.309 e. The second kappa shape index (κ2) is 8.26. The average molecular weight is 395 g/mol. The number of hydrogen-bond acceptors (Lipinski definition) is 4. The number of esters is 1. The Morgan fingerprint density at radius 2 is 1.79 bits per heavy atom. The monoisotopic (exact) mass is 395 g/mol. The Hall–Kier alpha value is -3.48. The van der Waals surface area contributed by atoms with Crippen LogP contribution in [0.4, 0.5) is 10.1 Å². The fourth-order valence-electron chi connectivity index (χ4n) is 3.03. The second-order valence-electron chi connectivity index (χ2n) is 6.96. The number of benzene rings is 2. The van der Waals surface area contributed by atoms with E-state index in [4.69, 9.17) is 4.74 Å². The predicted octanol–water partition coefficient (Wildman–Crippen LogP) is 4.69. The lowest BCUT2D eigenvalue weighted by Crippen LogP contribution is -2.08. The Labute approximate surface area is 168 Å². The summed E-state index contributed by atoms with van der Waals surface area (Å²) >= 11 is 0. The molecule has 7 heteroatoms. The van der Waals surface area contributed by atoms with Crippen molar-refractivity contribution in [2.45, 2.75) is 33.6 Å². The molecule has 1 aromatic heterocycles. The van der Waals surface area contributed by atoms with Gasteiger partial charge < -0.3 is 10.1 Å². The van der Waals surface area contributed by atoms with Crippen LogP contribution in [-0.2, 0) is 9.59 Å². The van der Waals surface area contributed by atoms with Crippen molar-refractivity contribution in [2.24, 2.45) is 0 Å². The van der Waals surface area contributed by atoms with E-state index in [0.29, 0.717) is 22.6 Å². The molecule has 0 bridgehead atoms. The summed E-state index contributed by atoms with van der Waals surface area (Å²) in [7, 11) is 0. The Morgan fingerprint density at radius 1 is 1.10 bits per heavy atom. The highest BCUT2D eigenvalue weighted by molar-refractivity contribution is 5.89. The number of hydrogen-bond donors (Lipinski definition) is 1. The van der Waals surface area contributed by atoms with Gasteiger partial charge in [0.05, 0.1) is 16.9 Å². The zero-order chi connectivity index (χ0) is 21.1. The Morgan fingerprint density at radius 3 is 2.34 bits per heavy atom. The van der Waals surface area contributed by atoms with Crippen LogP contribution in [0, 0.1) is 5.82 Å². The van der Waals surface area contributed by atoms with E-state index < -0.39 is 11.8 Å². The fraction of sp³-hybridized carbons (Fsp3) is 0.227. The van der Waals surface area contributed by atoms with E-state index in [-0.39, 0.29) is 17.7 Å². The van der Waals surface area contributed by atoms with Crippen LogP contribution in [0.3, 0.4) is 0 Å². The van der Waals surface area contributed by atoms with Crippen LogP contribution in [0.15, 0.2) is 48.5 Å². The van der Waals surface area contributed by atoms with E-state index >= 15 is 0 Å². The van der Waals surface area contributed by atoms with Crippen molar-refractivity contribution in [3.05, 3.63) is 60.0 Å². The van der Waals surface area contributed by atoms with Gasteiger partial charge in [0, 0.05) is 19.5 Å². The topological polar surface area (TPSA) is 73.2 Å². The standard InChI is InChI=1S/C22H22FN3O3/c1-13(2)21-20(16-8-10-18(11-9-16)24-14(3)27)22(29-15(4)28)26(25-21)19-7-5-6-17(23)12-19/h5-13H,1-4H3,(H,24,27). The average Bonchev–Trinajstić information content (AvgIpc) is 3.01. The molecule has 150 valence electrons. The van der Waals surface area contributed by atoms with E-state index in [1.165, 1.54) is 30.7 Å². The number of halogens is 1. The van der Waals surface area contributed by atoms with E-state index in [9.17, 15) is 14.0 Å². The molecule has 0 fully saturated rings. The molecule has 1 amide bonds. The third kappa shape index (κ3) is 4.51. The summed E-state index contributed by atoms with van der Waals surface area (Å²) in [5.74, 6) is -0.851. The summed E-state index contributed by atoms with van der Waals surface area (Å²) < 4.78 is 20.8. The van der Waals surface area contributed by atoms with Gasteiger partial charge in [-0.3, -0.25) is 9.59 Å². The maximum absolute atomic E-state index is 13.8. The van der Waals surface area contributed by atoms with E-state index in [1.807, 2.05) is 26.0 Å². The molecule has 3 rings (SSSR count). The number of ether oxygens (including phenoxy) is 1. The largest absolute Gasteiger partial charge is 0.407 e. The number of nitrogens with zero attached hydrogens (tertiary/aromatic N) is 2. The third-order valence-corrected chi connectivity index (χ3v) is 4.20. The lowest BCUT2D eigenvalue weighted by atomic mass is 9.99. The number of carbonyl (C=O) groups is 2. The quantitative estimate of drug-likeness (QED) is 0.637. The molecular weight excluding hydrogens is 373 g/mol. The van der Waals surface area contributed by atoms with Crippen molar-refractivity contribution < 1.29 is 18.7 Å². The van der Waals surface area contributed by atoms with Crippen molar-refractivity contribution in [2.75, 3.05) is 5.32 Å². The summed E-state index contributed by atoms with van der Waals surface area (Å²) in [4.78, 5) is 23.1. The molecule has 6 nitrogen and oxygen atoms in total. The van der Waals surface area contributed by atoms with Crippen molar-refractivity contribution >= 4 is 17.6 Å². The summed E-state index contributed by atoms with van der Waals surface area (Å²) in [6.45, 7) is 6.70. The summed E-state index contributed by atoms with van der Waals surface area (Å²) in [6.07, 6.45) is 0. The highest BCUT2D eigenvalue weighted by atomic mass is 19.1. The van der Waals surface area contributed by atoms with E-state index in [2.05, 4.69) is 10.4 Å². The molecule has 0 aliphatic heterocycles. The lowest BCUT2D eigenvalue weighted by molar-refractivity contribution is -0.132. The van der Waals surface area contributed by atoms with Gasteiger partial charge in [-0.15, -0.1) is 0 Å². The lowest BCUT2D eigenvalue weighted by Gasteiger charge is -2.10. The Kier molecular flexibility index (Phi) is 5.77. The van der Waals surface area contributed by atoms with Gasteiger partial charge in [-0.05, 0) is 41.8 Å². The molecule has 0 aliphatic carbocycles. The number of anilines is 1. The minimum Gasteiger partial charge on any atom is -0.407 e. The van der Waals surface area contributed by atoms with Gasteiger partial charge in [-0.25, -0.2) is 4.39 Å². The Bertz CT molecular complexity index is 1060. The summed E-state index contributed by atoms with van der Waals surface area (Å²) in [5, 5.41) is 7.34. The van der Waals surface area contributed by atoms with Gasteiger partial charge in [-0.2, -0.15) is 9.78 Å². The van der Waals surface area contributed by atoms with Crippen LogP contribution in [0.2, 0.25) is 0 Å². The summed E-state index contributed by atoms with van der Waals surface area (Å²) in [5.41, 5.74) is 3.22. The molecule has 0 atom stereocenters. The maximum atomic E-state index is 13.8. The highest BCUT2D eigenvalue weighted by Gasteiger charge is 2.25. The predicted molar refractivity (Wildman–Crippen MR) is 109 cm³/mol. The van der Waals surface area contributed by atoms with Gasteiger partial charge in [0.2, 0.25) is 11.8 Å². The van der Waals surface area contributed by atoms with E-state index in [0.717, 1.165) is 5.56 Å². The van der Waals surface area contributed by atoms with Crippen molar-refractivity contribution in [3.63, 3.8) is 0 Å². The first-order valence-electron chi connectivity index (χ1n) is 9.21. The molecule has 0 saturated heterocycles. The Balaban J connectivity index is 2.21. The number of rotatable bonds is 5. The first-order valence-corrected chi connectivity index (χ1v) is 9.21. The molecule has 0 aliphatic rings. The molecule has 1 N–H and O–H groups in total. The van der Waals surface area contributed by atoms with Gasteiger partial charge in [-0.1, -0.05) is 32.0 Å². The molecule has 3 aromatic rings. The van der Waals surface area contributed by atoms with Crippen molar-refractivity contribution in [1.29, 1.82) is 0 Å². The zero-order valence-corrected chi connectivity index (χ0v) is 16.7. The van der Waals surface area contributed by atoms with Gasteiger partial charge >= 0.3 is 5.97 Å². The van der Waals surface area contributed by atoms with E-state index in [1.54, 1.807) is 24.3 Å². The molecule has 1 heterocycles. The SMILES string of the molecule is CC(=O)Nc1ccc(-c2c(C(C)C)nn(-c3cccc(F)c3)c2OC(C)=O)cc1. The molecule has 2 aromatic carbocycles. The normalized spacial score (nSPS) is 10.8. The van der Waals surface area contributed by atoms with Gasteiger partial charge in [0.15, 0.2) is 0 Å². The molecule has 0 saturated carbocycles. The van der Waals surface area contributed by atoms with Gasteiger partial charge in [0.1, 0.15) is 5.82 Å². The smallest absolute Gasteiger partial charge is 0.309 e. The fourth-order valence-corrected chi connectivity index (χ4v) is 3.03. The van der Waals surface area contributed by atoms with Crippen LogP contribution in [0.5, 0.6) is 5.88 Å². The van der Waals surface area contributed by atoms with Crippen LogP contribution >= 0.6 is 0 Å². The number of aromatic nitrogens is 2. The number of nitrogens with one attached hydrogen (secondary N) is 1. The van der Waals surface area contributed by atoms with Crippen LogP contribution in [0.1, 0.15) is 39.3 Å². The second-order valence-corrected chi connectivity index (χ2v) is 6.96. The number of amides is 1.